The van der Waals surface area contributed by atoms with E-state index < -0.39 is 6.04 Å². The highest BCUT2D eigenvalue weighted by molar-refractivity contribution is 6.30. The fourth-order valence-corrected chi connectivity index (χ4v) is 1.66. The number of hydrogen-bond donors (Lipinski definition) is 1. The van der Waals surface area contributed by atoms with E-state index in [0.29, 0.717) is 18.0 Å². The van der Waals surface area contributed by atoms with Crippen molar-refractivity contribution in [3.63, 3.8) is 0 Å². The fraction of sp³-hybridized carbons (Fsp3) is 0.417. The van der Waals surface area contributed by atoms with Crippen LogP contribution in [-0.2, 0) is 11.3 Å². The van der Waals surface area contributed by atoms with Crippen LogP contribution in [0.15, 0.2) is 24.3 Å². The monoisotopic (exact) mass is 276 g/mol. The third kappa shape index (κ3) is 4.94. The summed E-state index contributed by atoms with van der Waals surface area (Å²) < 4.78 is 0. The number of nitrogens with two attached hydrogens (primary N) is 1. The van der Waals surface area contributed by atoms with Crippen LogP contribution in [-0.4, -0.2) is 23.9 Å². The second-order valence-corrected chi connectivity index (χ2v) is 4.28. The molecule has 0 unspecified atom stereocenters. The van der Waals surface area contributed by atoms with Crippen molar-refractivity contribution >= 4 is 29.9 Å². The van der Waals surface area contributed by atoms with E-state index in [-0.39, 0.29) is 18.3 Å². The predicted octanol–water partition coefficient (Wildman–Crippen LogP) is 2.46. The van der Waals surface area contributed by atoms with Crippen LogP contribution < -0.4 is 5.73 Å². The van der Waals surface area contributed by atoms with Crippen molar-refractivity contribution < 1.29 is 4.79 Å². The van der Waals surface area contributed by atoms with Gasteiger partial charge in [-0.1, -0.05) is 30.7 Å². The zero-order chi connectivity index (χ0) is 12.1. The first-order chi connectivity index (χ1) is 7.54. The van der Waals surface area contributed by atoms with Crippen molar-refractivity contribution in [2.45, 2.75) is 25.9 Å². The SMILES string of the molecule is CC[C@H](N)C(=O)N(C)Cc1cccc(Cl)c1.Cl. The van der Waals surface area contributed by atoms with Gasteiger partial charge in [-0.15, -0.1) is 12.4 Å². The Bertz CT molecular complexity index is 371. The number of halogens is 2. The number of nitrogens with zero attached hydrogens (tertiary/aromatic N) is 1. The van der Waals surface area contributed by atoms with E-state index in [1.54, 1.807) is 11.9 Å². The Hall–Kier alpha value is -0.770. The summed E-state index contributed by atoms with van der Waals surface area (Å²) in [6.45, 7) is 2.43. The molecule has 5 heteroatoms. The molecule has 0 bridgehead atoms. The number of benzene rings is 1. The summed E-state index contributed by atoms with van der Waals surface area (Å²) in [5, 5.41) is 0.679. The van der Waals surface area contributed by atoms with Gasteiger partial charge in [0.05, 0.1) is 6.04 Å². The zero-order valence-corrected chi connectivity index (χ0v) is 11.6. The Kier molecular flexibility index (Phi) is 7.19. The largest absolute Gasteiger partial charge is 0.340 e. The lowest BCUT2D eigenvalue weighted by Crippen LogP contribution is -2.40. The van der Waals surface area contributed by atoms with E-state index in [2.05, 4.69) is 0 Å². The van der Waals surface area contributed by atoms with E-state index in [9.17, 15) is 4.79 Å². The van der Waals surface area contributed by atoms with Gasteiger partial charge in [0.15, 0.2) is 0 Å². The van der Waals surface area contributed by atoms with E-state index in [1.807, 2.05) is 31.2 Å². The molecule has 0 heterocycles. The lowest BCUT2D eigenvalue weighted by atomic mass is 10.2. The van der Waals surface area contributed by atoms with Gasteiger partial charge in [0.25, 0.3) is 0 Å². The molecule has 17 heavy (non-hydrogen) atoms. The Morgan fingerprint density at radius 2 is 2.18 bits per heavy atom. The molecular weight excluding hydrogens is 259 g/mol. The average molecular weight is 277 g/mol. The lowest BCUT2D eigenvalue weighted by molar-refractivity contribution is -0.131. The quantitative estimate of drug-likeness (QED) is 0.918. The maximum atomic E-state index is 11.7. The molecule has 1 atom stereocenters. The maximum absolute atomic E-state index is 11.7. The molecule has 96 valence electrons. The topological polar surface area (TPSA) is 46.3 Å². The van der Waals surface area contributed by atoms with Crippen molar-refractivity contribution in [3.8, 4) is 0 Å². The van der Waals surface area contributed by atoms with Crippen molar-refractivity contribution in [2.24, 2.45) is 5.73 Å². The van der Waals surface area contributed by atoms with Crippen molar-refractivity contribution in [2.75, 3.05) is 7.05 Å². The van der Waals surface area contributed by atoms with Crippen LogP contribution in [0.3, 0.4) is 0 Å². The number of likely N-dealkylation sites (N-methyl/N-ethyl adjacent to an activating group) is 1. The average Bonchev–Trinajstić information content (AvgIpc) is 2.27. The highest BCUT2D eigenvalue weighted by Gasteiger charge is 2.15. The summed E-state index contributed by atoms with van der Waals surface area (Å²) in [5.41, 5.74) is 6.69. The van der Waals surface area contributed by atoms with Gasteiger partial charge in [0, 0.05) is 18.6 Å². The third-order valence-electron chi connectivity index (χ3n) is 2.44. The third-order valence-corrected chi connectivity index (χ3v) is 2.68. The summed E-state index contributed by atoms with van der Waals surface area (Å²) in [6, 6.07) is 7.06. The molecule has 1 rings (SSSR count). The van der Waals surface area contributed by atoms with Gasteiger partial charge in [-0.3, -0.25) is 4.79 Å². The maximum Gasteiger partial charge on any atom is 0.239 e. The summed E-state index contributed by atoms with van der Waals surface area (Å²) in [7, 11) is 1.75. The second-order valence-electron chi connectivity index (χ2n) is 3.84. The molecule has 2 N–H and O–H groups in total. The minimum atomic E-state index is -0.413. The molecule has 0 aliphatic carbocycles. The van der Waals surface area contributed by atoms with Crippen LogP contribution in [0.4, 0.5) is 0 Å². The molecule has 1 amide bonds. The molecule has 1 aromatic carbocycles. The molecule has 0 saturated carbocycles. The zero-order valence-electron chi connectivity index (χ0n) is 10.0. The van der Waals surface area contributed by atoms with E-state index in [1.165, 1.54) is 0 Å². The van der Waals surface area contributed by atoms with Crippen LogP contribution in [0.2, 0.25) is 5.02 Å². The molecule has 0 radical (unpaired) electrons. The van der Waals surface area contributed by atoms with Crippen LogP contribution in [0.25, 0.3) is 0 Å². The van der Waals surface area contributed by atoms with Crippen LogP contribution in [0.1, 0.15) is 18.9 Å². The normalized spacial score (nSPS) is 11.5. The Morgan fingerprint density at radius 3 is 2.71 bits per heavy atom. The summed E-state index contributed by atoms with van der Waals surface area (Å²) >= 11 is 5.87. The first-order valence-electron chi connectivity index (χ1n) is 5.29. The molecule has 0 spiro atoms. The van der Waals surface area contributed by atoms with Gasteiger partial charge in [-0.2, -0.15) is 0 Å². The van der Waals surface area contributed by atoms with Crippen LogP contribution in [0.5, 0.6) is 0 Å². The Labute approximate surface area is 113 Å². The van der Waals surface area contributed by atoms with Gasteiger partial charge < -0.3 is 10.6 Å². The van der Waals surface area contributed by atoms with E-state index in [0.717, 1.165) is 5.56 Å². The highest BCUT2D eigenvalue weighted by Crippen LogP contribution is 2.12. The van der Waals surface area contributed by atoms with Gasteiger partial charge in [-0.05, 0) is 24.1 Å². The number of hydrogen-bond acceptors (Lipinski definition) is 2. The van der Waals surface area contributed by atoms with Gasteiger partial charge >= 0.3 is 0 Å². The summed E-state index contributed by atoms with van der Waals surface area (Å²) in [6.07, 6.45) is 0.652. The van der Waals surface area contributed by atoms with Crippen LogP contribution >= 0.6 is 24.0 Å². The molecule has 1 aromatic rings. The second kappa shape index (κ2) is 7.54. The smallest absolute Gasteiger partial charge is 0.239 e. The first-order valence-corrected chi connectivity index (χ1v) is 5.67. The molecule has 0 aliphatic heterocycles. The Morgan fingerprint density at radius 1 is 1.53 bits per heavy atom. The fourth-order valence-electron chi connectivity index (χ4n) is 1.44. The standard InChI is InChI=1S/C12H17ClN2O.ClH/c1-3-11(14)12(16)15(2)8-9-5-4-6-10(13)7-9;/h4-7,11H,3,8,14H2,1-2H3;1H/t11-;/m0./s1. The predicted molar refractivity (Wildman–Crippen MR) is 73.4 cm³/mol. The minimum Gasteiger partial charge on any atom is -0.340 e. The number of amides is 1. The van der Waals surface area contributed by atoms with E-state index >= 15 is 0 Å². The van der Waals surface area contributed by atoms with Gasteiger partial charge in [0.2, 0.25) is 5.91 Å². The highest BCUT2D eigenvalue weighted by atomic mass is 35.5. The van der Waals surface area contributed by atoms with Crippen LogP contribution in [0, 0.1) is 0 Å². The number of rotatable bonds is 4. The minimum absolute atomic E-state index is 0. The molecule has 0 fully saturated rings. The van der Waals surface area contributed by atoms with E-state index in [4.69, 9.17) is 17.3 Å². The Balaban J connectivity index is 0.00000256. The van der Waals surface area contributed by atoms with Crippen molar-refractivity contribution in [1.82, 2.24) is 4.90 Å². The molecule has 3 nitrogen and oxygen atoms in total. The number of carbonyl (C=O) groups is 1. The van der Waals surface area contributed by atoms with Crippen molar-refractivity contribution in [1.29, 1.82) is 0 Å². The van der Waals surface area contributed by atoms with Crippen molar-refractivity contribution in [3.05, 3.63) is 34.9 Å². The first kappa shape index (κ1) is 16.2. The van der Waals surface area contributed by atoms with Gasteiger partial charge in [0.1, 0.15) is 0 Å². The lowest BCUT2D eigenvalue weighted by Gasteiger charge is -2.20. The molecular formula is C12H18Cl2N2O. The number of carbonyl (C=O) groups excluding carboxylic acids is 1. The summed E-state index contributed by atoms with van der Waals surface area (Å²) in [4.78, 5) is 13.4. The summed E-state index contributed by atoms with van der Waals surface area (Å²) in [5.74, 6) is -0.0394. The molecule has 0 aromatic heterocycles. The molecule has 0 aliphatic rings. The van der Waals surface area contributed by atoms with Gasteiger partial charge in [-0.25, -0.2) is 0 Å². The molecule has 0 saturated heterocycles.